The fourth-order valence-corrected chi connectivity index (χ4v) is 6.30. The maximum Gasteiger partial charge on any atom is 1.00 e. The van der Waals surface area contributed by atoms with Gasteiger partial charge in [0, 0.05) is 50.6 Å². The van der Waals surface area contributed by atoms with Crippen LogP contribution in [0.25, 0.3) is 11.1 Å². The molecule has 376 valence electrons. The van der Waals surface area contributed by atoms with Crippen molar-refractivity contribution >= 4 is 52.3 Å². The standard InChI is InChI=1S/C13H14N2O2.C10H10N2O.C7H10O2.C6H10O.C4H8O.C3H4N2O.C3H6O2.C2H6O.C2H5O.Na/c1-7(16)12-11(14)9-6-8-4-2-3-5-10(8)15-13(9)17-12;11-6-8-5-7-3-1-2-4-9(7)12-10(8)13;8-5-6-3-1-2-4-7(6)9;7-6-4-2-1-3-5-6;1-3-4(2)5;4-2-1-3(5)6;1-2-5-3-4;2*1-2-3;/h6H,2-5,14H2,1H3;5H,1-4H2,(H,12,13);5,8H,1-4H2;1-5H2;3H2,1-2H3;1H2,(H2,5,6);3H,2H2,1H3;3H,2H2,1H3;2H2,1H3;/q;;;;;;;;-1;+1/p-1. The molecule has 3 aromatic heterocycles. The molecule has 0 unspecified atom stereocenters. The van der Waals surface area contributed by atoms with E-state index in [4.69, 9.17) is 30.9 Å². The van der Waals surface area contributed by atoms with Crippen LogP contribution in [-0.2, 0) is 54.4 Å². The van der Waals surface area contributed by atoms with Crippen molar-refractivity contribution in [3.8, 4) is 12.1 Å². The average molecular weight is 972 g/mol. The Kier molecular flexibility index (Phi) is 41.8. The zero-order chi connectivity index (χ0) is 51.9. The number of nitrogen functional groups attached to an aromatic ring is 1. The number of pyridine rings is 2. The van der Waals surface area contributed by atoms with Crippen LogP contribution in [0, 0.1) is 22.7 Å². The molecule has 0 radical (unpaired) electrons. The van der Waals surface area contributed by atoms with E-state index < -0.39 is 5.91 Å². The number of aliphatic hydroxyl groups excluding tert-OH is 1. The average Bonchev–Trinajstić information content (AvgIpc) is 3.65. The third-order valence-electron chi connectivity index (χ3n) is 9.78. The number of nitriles is 2. The minimum absolute atomic E-state index is 0. The van der Waals surface area contributed by atoms with E-state index in [9.17, 15) is 38.7 Å². The Morgan fingerprint density at radius 3 is 1.80 bits per heavy atom. The summed E-state index contributed by atoms with van der Waals surface area (Å²) in [6.45, 7) is 11.0. The number of carbonyl (C=O) groups excluding carboxylic acids is 6. The zero-order valence-electron chi connectivity index (χ0n) is 41.8. The second kappa shape index (κ2) is 42.6. The van der Waals surface area contributed by atoms with E-state index in [0.717, 1.165) is 99.4 Å². The van der Waals surface area contributed by atoms with Crippen LogP contribution in [0.4, 0.5) is 5.69 Å². The van der Waals surface area contributed by atoms with Gasteiger partial charge in [-0.3, -0.25) is 28.8 Å². The normalized spacial score (nSPS) is 14.1. The molecule has 0 bridgehead atoms. The predicted molar refractivity (Wildman–Crippen MR) is 255 cm³/mol. The molecule has 3 aromatic rings. The number of furan rings is 1. The molecule has 0 atom stereocenters. The Bertz CT molecular complexity index is 2180. The van der Waals surface area contributed by atoms with Crippen LogP contribution < -0.4 is 56.8 Å². The Labute approximate surface area is 428 Å². The van der Waals surface area contributed by atoms with Crippen molar-refractivity contribution in [2.75, 3.05) is 25.6 Å². The summed E-state index contributed by atoms with van der Waals surface area (Å²) in [5.41, 5.74) is 16.4. The maximum absolute atomic E-state index is 11.4. The number of allylic oxidation sites excluding steroid dienone is 1. The number of hydrogen-bond donors (Lipinski definition) is 4. The predicted octanol–water partition coefficient (Wildman–Crippen LogP) is 2.43. The number of ether oxygens (including phenoxy) is 1. The fraction of sp³-hybridized carbons (Fsp3) is 0.560. The van der Waals surface area contributed by atoms with Crippen LogP contribution in [0.2, 0.25) is 0 Å². The van der Waals surface area contributed by atoms with Crippen molar-refractivity contribution in [2.24, 2.45) is 5.73 Å². The number of Topliss-reactive ketones (excluding diaryl/α,β-unsaturated/α-hetero) is 4. The van der Waals surface area contributed by atoms with Crippen LogP contribution in [0.3, 0.4) is 0 Å². The van der Waals surface area contributed by atoms with Gasteiger partial charge in [0.25, 0.3) is 12.0 Å². The first kappa shape index (κ1) is 67.8. The number of H-pyrrole nitrogens is 1. The first-order chi connectivity index (χ1) is 32.5. The van der Waals surface area contributed by atoms with Gasteiger partial charge in [-0.25, -0.2) is 4.98 Å². The Hall–Kier alpha value is -5.50. The number of carbonyl (C=O) groups is 6. The summed E-state index contributed by atoms with van der Waals surface area (Å²) in [6.07, 6.45) is 18.3. The number of aromatic nitrogens is 2. The van der Waals surface area contributed by atoms with Crippen LogP contribution in [0.5, 0.6) is 0 Å². The van der Waals surface area contributed by atoms with Crippen LogP contribution in [-0.4, -0.2) is 70.4 Å². The summed E-state index contributed by atoms with van der Waals surface area (Å²) in [6, 6.07) is 7.25. The molecule has 6 N–H and O–H groups in total. The molecule has 19 heteroatoms. The molecule has 1 amide bonds. The molecule has 18 nitrogen and oxygen atoms in total. The van der Waals surface area contributed by atoms with Crippen molar-refractivity contribution in [3.63, 3.8) is 0 Å². The van der Waals surface area contributed by atoms with Gasteiger partial charge in [-0.2, -0.15) is 10.5 Å². The molecule has 0 spiro atoms. The summed E-state index contributed by atoms with van der Waals surface area (Å²) < 4.78 is 9.59. The van der Waals surface area contributed by atoms with Crippen LogP contribution >= 0.6 is 0 Å². The second-order valence-corrected chi connectivity index (χ2v) is 15.3. The van der Waals surface area contributed by atoms with E-state index in [2.05, 4.69) is 20.4 Å². The van der Waals surface area contributed by atoms with Crippen molar-refractivity contribution in [2.45, 2.75) is 164 Å². The molecule has 3 heterocycles. The number of nitrogens with zero attached hydrogens (tertiary/aromatic N) is 3. The number of fused-ring (bicyclic) bond motifs is 3. The molecular formula is C50H72N6NaO12-. The molecule has 0 saturated heterocycles. The molecule has 4 aliphatic rings. The minimum atomic E-state index is -0.572. The SMILES string of the molecule is CC(=O)c1oc2nc3c(cc2c1N)CCCC3.CCC(C)=O.CCO.CCOC=O.CC[O-].N#CCC(N)=O.N#Cc1cc2c([nH]c1=O)CCCC2.O=C1CCCCC1.O=C1CCCCC1=C[O-].[Na+]. The summed E-state index contributed by atoms with van der Waals surface area (Å²) in [5, 5.41) is 43.7. The molecule has 0 aromatic carbocycles. The second-order valence-electron chi connectivity index (χ2n) is 15.3. The van der Waals surface area contributed by atoms with Gasteiger partial charge >= 0.3 is 29.6 Å². The Balaban J connectivity index is -0.000000755. The summed E-state index contributed by atoms with van der Waals surface area (Å²) in [7, 11) is 0. The zero-order valence-corrected chi connectivity index (χ0v) is 43.8. The summed E-state index contributed by atoms with van der Waals surface area (Å²) in [5.74, 6) is 0.276. The number of rotatable bonds is 5. The smallest absolute Gasteiger partial charge is 0.878 e. The van der Waals surface area contributed by atoms with Gasteiger partial charge < -0.3 is 45.7 Å². The third-order valence-corrected chi connectivity index (χ3v) is 9.78. The first-order valence-corrected chi connectivity index (χ1v) is 23.1. The number of aromatic amines is 1. The van der Waals surface area contributed by atoms with Crippen LogP contribution in [0.1, 0.15) is 176 Å². The van der Waals surface area contributed by atoms with Gasteiger partial charge in [0.05, 0.1) is 23.7 Å². The number of aryl methyl sites for hydroxylation is 4. The third kappa shape index (κ3) is 30.6. The Morgan fingerprint density at radius 1 is 0.870 bits per heavy atom. The molecule has 2 saturated carbocycles. The van der Waals surface area contributed by atoms with Gasteiger partial charge in [0.1, 0.15) is 29.6 Å². The van der Waals surface area contributed by atoms with Gasteiger partial charge in [-0.05, 0) is 133 Å². The van der Waals surface area contributed by atoms with Crippen molar-refractivity contribution < 1.29 is 82.8 Å². The quantitative estimate of drug-likeness (QED) is 0.0938. The monoisotopic (exact) mass is 972 g/mol. The topological polar surface area (TPSA) is 337 Å². The number of primary amides is 1. The van der Waals surface area contributed by atoms with Gasteiger partial charge in [-0.1, -0.05) is 20.3 Å². The van der Waals surface area contributed by atoms with Gasteiger partial charge in [0.2, 0.25) is 11.6 Å². The van der Waals surface area contributed by atoms with E-state index in [1.54, 1.807) is 39.8 Å². The summed E-state index contributed by atoms with van der Waals surface area (Å²) >= 11 is 0. The van der Waals surface area contributed by atoms with Crippen molar-refractivity contribution in [1.29, 1.82) is 10.5 Å². The number of anilines is 1. The number of nitrogens with one attached hydrogen (secondary N) is 1. The molecule has 0 aliphatic heterocycles. The van der Waals surface area contributed by atoms with E-state index in [1.165, 1.54) is 31.7 Å². The number of amides is 1. The van der Waals surface area contributed by atoms with E-state index >= 15 is 0 Å². The molecular weight excluding hydrogens is 900 g/mol. The number of ketones is 4. The summed E-state index contributed by atoms with van der Waals surface area (Å²) in [4.78, 5) is 79.7. The van der Waals surface area contributed by atoms with Gasteiger partial charge in [0.15, 0.2) is 17.3 Å². The molecule has 69 heavy (non-hydrogen) atoms. The Morgan fingerprint density at radius 2 is 1.39 bits per heavy atom. The minimum Gasteiger partial charge on any atom is -0.878 e. The van der Waals surface area contributed by atoms with Crippen molar-refractivity contribution in [1.82, 2.24) is 9.97 Å². The van der Waals surface area contributed by atoms with E-state index in [0.29, 0.717) is 61.4 Å². The fourth-order valence-electron chi connectivity index (χ4n) is 6.30. The number of nitrogens with two attached hydrogens (primary N) is 2. The van der Waals surface area contributed by atoms with Crippen molar-refractivity contribution in [3.05, 3.63) is 68.2 Å². The van der Waals surface area contributed by atoms with Gasteiger partial charge in [-0.15, -0.1) is 12.9 Å². The van der Waals surface area contributed by atoms with E-state index in [1.807, 2.05) is 19.1 Å². The maximum atomic E-state index is 11.4. The number of hydrogen-bond acceptors (Lipinski definition) is 16. The molecule has 4 aliphatic carbocycles. The largest absolute Gasteiger partial charge is 1.00 e. The van der Waals surface area contributed by atoms with E-state index in [-0.39, 0.29) is 83.4 Å². The molecule has 2 fully saturated rings. The van der Waals surface area contributed by atoms with Crippen LogP contribution in [0.15, 0.2) is 33.2 Å². The number of aliphatic hydroxyl groups is 1. The molecule has 7 rings (SSSR count). The first-order valence-electron chi connectivity index (χ1n) is 23.1.